The van der Waals surface area contributed by atoms with Gasteiger partial charge in [0.2, 0.25) is 11.7 Å². The Morgan fingerprint density at radius 2 is 2.32 bits per heavy atom. The smallest absolute Gasteiger partial charge is 0.381 e. The Kier molecular flexibility index (Phi) is 4.48. The van der Waals surface area contributed by atoms with Crippen molar-refractivity contribution in [3.8, 4) is 0 Å². The average Bonchev–Trinajstić information content (AvgIpc) is 2.69. The van der Waals surface area contributed by atoms with Crippen molar-refractivity contribution in [2.75, 3.05) is 6.54 Å². The highest BCUT2D eigenvalue weighted by Crippen LogP contribution is 2.12. The zero-order valence-electron chi connectivity index (χ0n) is 9.97. The third-order valence-electron chi connectivity index (χ3n) is 2.08. The SMILES string of the molecule is CC(F)(F)CNC(=O)Cn1cc([N+](=O)[O-])nc1CO. The molecule has 19 heavy (non-hydrogen) atoms. The van der Waals surface area contributed by atoms with Crippen LogP contribution in [0.25, 0.3) is 0 Å². The lowest BCUT2D eigenvalue weighted by atomic mass is 10.4. The zero-order chi connectivity index (χ0) is 14.6. The van der Waals surface area contributed by atoms with Crippen LogP contribution in [0.4, 0.5) is 14.6 Å². The summed E-state index contributed by atoms with van der Waals surface area (Å²) in [5, 5.41) is 21.4. The molecule has 0 fully saturated rings. The molecule has 0 aliphatic rings. The lowest BCUT2D eigenvalue weighted by Crippen LogP contribution is -2.36. The molecule has 1 aromatic heterocycles. The maximum absolute atomic E-state index is 12.5. The second kappa shape index (κ2) is 5.69. The van der Waals surface area contributed by atoms with Gasteiger partial charge in [0, 0.05) is 6.92 Å². The maximum atomic E-state index is 12.5. The molecule has 0 aliphatic carbocycles. The average molecular weight is 278 g/mol. The fraction of sp³-hybridized carbons (Fsp3) is 0.556. The van der Waals surface area contributed by atoms with Gasteiger partial charge >= 0.3 is 5.82 Å². The minimum atomic E-state index is -3.05. The van der Waals surface area contributed by atoms with Gasteiger partial charge in [-0.15, -0.1) is 0 Å². The van der Waals surface area contributed by atoms with Crippen LogP contribution >= 0.6 is 0 Å². The van der Waals surface area contributed by atoms with Crippen molar-refractivity contribution in [3.63, 3.8) is 0 Å². The number of carbonyl (C=O) groups excluding carboxylic acids is 1. The van der Waals surface area contributed by atoms with Gasteiger partial charge in [0.05, 0.1) is 6.54 Å². The van der Waals surface area contributed by atoms with E-state index < -0.39 is 42.3 Å². The third-order valence-corrected chi connectivity index (χ3v) is 2.08. The van der Waals surface area contributed by atoms with Gasteiger partial charge in [-0.05, 0) is 9.91 Å². The Hall–Kier alpha value is -2.10. The van der Waals surface area contributed by atoms with Crippen molar-refractivity contribution in [1.29, 1.82) is 0 Å². The first-order chi connectivity index (χ1) is 8.73. The van der Waals surface area contributed by atoms with Crippen LogP contribution in [0.2, 0.25) is 0 Å². The summed E-state index contributed by atoms with van der Waals surface area (Å²) < 4.78 is 26.1. The van der Waals surface area contributed by atoms with Gasteiger partial charge in [-0.2, -0.15) is 0 Å². The summed E-state index contributed by atoms with van der Waals surface area (Å²) in [6.45, 7) is -1.23. The molecule has 1 aromatic rings. The van der Waals surface area contributed by atoms with Crippen LogP contribution in [0, 0.1) is 10.1 Å². The zero-order valence-corrected chi connectivity index (χ0v) is 9.97. The number of nitrogens with one attached hydrogen (secondary N) is 1. The monoisotopic (exact) mass is 278 g/mol. The van der Waals surface area contributed by atoms with Crippen molar-refractivity contribution in [2.45, 2.75) is 26.0 Å². The molecular formula is C9H12F2N4O4. The Morgan fingerprint density at radius 1 is 1.68 bits per heavy atom. The molecule has 0 saturated heterocycles. The largest absolute Gasteiger partial charge is 0.386 e. The molecule has 106 valence electrons. The number of amides is 1. The third kappa shape index (κ3) is 4.58. The van der Waals surface area contributed by atoms with E-state index >= 15 is 0 Å². The van der Waals surface area contributed by atoms with Crippen LogP contribution < -0.4 is 5.32 Å². The summed E-state index contributed by atoms with van der Waals surface area (Å²) in [5.41, 5.74) is 0. The summed E-state index contributed by atoms with van der Waals surface area (Å²) in [5.74, 6) is -4.43. The number of aliphatic hydroxyl groups excluding tert-OH is 1. The van der Waals surface area contributed by atoms with Crippen molar-refractivity contribution < 1.29 is 23.6 Å². The normalized spacial score (nSPS) is 11.4. The molecule has 1 amide bonds. The quantitative estimate of drug-likeness (QED) is 0.564. The number of hydrogen-bond donors (Lipinski definition) is 2. The summed E-state index contributed by atoms with van der Waals surface area (Å²) in [4.78, 5) is 24.5. The first-order valence-electron chi connectivity index (χ1n) is 5.19. The predicted molar refractivity (Wildman–Crippen MR) is 58.4 cm³/mol. The fourth-order valence-corrected chi connectivity index (χ4v) is 1.25. The van der Waals surface area contributed by atoms with Crippen LogP contribution in [0.3, 0.4) is 0 Å². The van der Waals surface area contributed by atoms with E-state index in [-0.39, 0.29) is 5.82 Å². The summed E-state index contributed by atoms with van der Waals surface area (Å²) in [6, 6.07) is 0. The molecular weight excluding hydrogens is 266 g/mol. The minimum Gasteiger partial charge on any atom is -0.386 e. The maximum Gasteiger partial charge on any atom is 0.381 e. The van der Waals surface area contributed by atoms with Gasteiger partial charge in [0.25, 0.3) is 5.92 Å². The van der Waals surface area contributed by atoms with E-state index in [0.29, 0.717) is 6.92 Å². The van der Waals surface area contributed by atoms with E-state index in [2.05, 4.69) is 4.98 Å². The van der Waals surface area contributed by atoms with Crippen molar-refractivity contribution in [1.82, 2.24) is 14.9 Å². The molecule has 1 heterocycles. The molecule has 0 saturated carbocycles. The van der Waals surface area contributed by atoms with Crippen LogP contribution in [-0.4, -0.2) is 38.0 Å². The highest BCUT2D eigenvalue weighted by molar-refractivity contribution is 5.75. The number of carbonyl (C=O) groups is 1. The van der Waals surface area contributed by atoms with Crippen molar-refractivity contribution >= 4 is 11.7 Å². The van der Waals surface area contributed by atoms with Crippen LogP contribution in [0.1, 0.15) is 12.7 Å². The second-order valence-electron chi connectivity index (χ2n) is 3.91. The van der Waals surface area contributed by atoms with E-state index in [9.17, 15) is 23.7 Å². The Labute approximate surface area is 106 Å². The predicted octanol–water partition coefficient (Wildman–Crippen LogP) is 0.0550. The summed E-state index contributed by atoms with van der Waals surface area (Å²) in [6.07, 6.45) is 0.954. The van der Waals surface area contributed by atoms with Gasteiger partial charge in [-0.1, -0.05) is 0 Å². The van der Waals surface area contributed by atoms with Crippen LogP contribution in [0.15, 0.2) is 6.20 Å². The number of alkyl halides is 2. The van der Waals surface area contributed by atoms with Gasteiger partial charge in [-0.25, -0.2) is 8.78 Å². The number of imidazole rings is 1. The van der Waals surface area contributed by atoms with Crippen molar-refractivity contribution in [2.24, 2.45) is 0 Å². The highest BCUT2D eigenvalue weighted by atomic mass is 19.3. The van der Waals surface area contributed by atoms with E-state index in [1.54, 1.807) is 0 Å². The minimum absolute atomic E-state index is 0.0925. The lowest BCUT2D eigenvalue weighted by molar-refractivity contribution is -0.389. The topological polar surface area (TPSA) is 110 Å². The number of aromatic nitrogens is 2. The fourth-order valence-electron chi connectivity index (χ4n) is 1.25. The summed E-state index contributed by atoms with van der Waals surface area (Å²) in [7, 11) is 0. The number of aliphatic hydroxyl groups is 1. The van der Waals surface area contributed by atoms with E-state index in [0.717, 1.165) is 10.8 Å². The number of hydrogen-bond acceptors (Lipinski definition) is 5. The lowest BCUT2D eigenvalue weighted by Gasteiger charge is -2.11. The molecule has 0 radical (unpaired) electrons. The van der Waals surface area contributed by atoms with Crippen molar-refractivity contribution in [3.05, 3.63) is 22.1 Å². The Bertz CT molecular complexity index is 483. The number of halogens is 2. The molecule has 0 bridgehead atoms. The second-order valence-corrected chi connectivity index (χ2v) is 3.91. The molecule has 1 rings (SSSR count). The van der Waals surface area contributed by atoms with Gasteiger partial charge < -0.3 is 20.5 Å². The van der Waals surface area contributed by atoms with E-state index in [1.807, 2.05) is 5.32 Å². The number of nitro groups is 1. The standard InChI is InChI=1S/C9H12F2N4O4/c1-9(10,11)5-12-8(17)3-14-2-6(15(18)19)13-7(14)4-16/h2,16H,3-5H2,1H3,(H,12,17). The summed E-state index contributed by atoms with van der Waals surface area (Å²) >= 11 is 0. The molecule has 0 spiro atoms. The first-order valence-corrected chi connectivity index (χ1v) is 5.19. The molecule has 0 aromatic carbocycles. The van der Waals surface area contributed by atoms with Gasteiger partial charge in [0.1, 0.15) is 19.3 Å². The molecule has 2 N–H and O–H groups in total. The number of nitrogens with zero attached hydrogens (tertiary/aromatic N) is 3. The molecule has 8 nitrogen and oxygen atoms in total. The first kappa shape index (κ1) is 15.0. The van der Waals surface area contributed by atoms with Crippen LogP contribution in [0.5, 0.6) is 0 Å². The Balaban J connectivity index is 2.70. The number of rotatable bonds is 6. The molecule has 0 aliphatic heterocycles. The van der Waals surface area contributed by atoms with E-state index in [4.69, 9.17) is 5.11 Å². The van der Waals surface area contributed by atoms with E-state index in [1.165, 1.54) is 0 Å². The van der Waals surface area contributed by atoms with Gasteiger partial charge in [0.15, 0.2) is 0 Å². The Morgan fingerprint density at radius 3 is 2.79 bits per heavy atom. The molecule has 0 atom stereocenters. The molecule has 10 heteroatoms. The van der Waals surface area contributed by atoms with Gasteiger partial charge in [-0.3, -0.25) is 9.36 Å². The molecule has 0 unspecified atom stereocenters. The van der Waals surface area contributed by atoms with Crippen LogP contribution in [-0.2, 0) is 17.9 Å². The highest BCUT2D eigenvalue weighted by Gasteiger charge is 2.23.